The second-order valence-electron chi connectivity index (χ2n) is 5.71. The summed E-state index contributed by atoms with van der Waals surface area (Å²) in [4.78, 5) is 2.35. The molecule has 1 aliphatic rings. The number of piperidine rings is 1. The molecule has 2 nitrogen and oxygen atoms in total. The minimum atomic E-state index is -4.62. The van der Waals surface area contributed by atoms with Crippen LogP contribution in [0.15, 0.2) is 18.2 Å². The topological polar surface area (TPSA) is 23.5 Å². The van der Waals surface area contributed by atoms with Crippen LogP contribution in [0.25, 0.3) is 0 Å². The number of nitrogens with zero attached hydrogens (tertiary/aromatic N) is 1. The molecule has 1 fully saturated rings. The molecule has 1 atom stereocenters. The molecule has 21 heavy (non-hydrogen) atoms. The largest absolute Gasteiger partial charge is 0.418 e. The van der Waals surface area contributed by atoms with E-state index in [2.05, 4.69) is 11.8 Å². The van der Waals surface area contributed by atoms with Crippen molar-refractivity contribution in [3.05, 3.63) is 34.9 Å². The number of likely N-dealkylation sites (tertiary alicyclic amines) is 1. The van der Waals surface area contributed by atoms with Crippen molar-refractivity contribution >= 4 is 0 Å². The standard InChI is InChI=1S/C16H22F3NO/c1-3-20-9-7-12(8-10-20)13-5-4-6-14(11(13)2)15(21)16(17,18)19/h4-6,12,15,21H,3,7-10H2,1-2H3. The maximum Gasteiger partial charge on any atom is 0.418 e. The normalized spacial score (nSPS) is 19.7. The fourth-order valence-electron chi connectivity index (χ4n) is 3.15. The van der Waals surface area contributed by atoms with Crippen molar-refractivity contribution in [1.29, 1.82) is 0 Å². The summed E-state index contributed by atoms with van der Waals surface area (Å²) in [5.74, 6) is 0.285. The molecule has 1 aromatic rings. The van der Waals surface area contributed by atoms with Gasteiger partial charge in [0.1, 0.15) is 0 Å². The number of aliphatic hydroxyl groups excluding tert-OH is 1. The second kappa shape index (κ2) is 6.36. The lowest BCUT2D eigenvalue weighted by atomic mass is 9.84. The van der Waals surface area contributed by atoms with Gasteiger partial charge in [0.25, 0.3) is 0 Å². The molecule has 0 aliphatic carbocycles. The minimum absolute atomic E-state index is 0.0158. The smallest absolute Gasteiger partial charge is 0.379 e. The van der Waals surface area contributed by atoms with Crippen molar-refractivity contribution in [3.63, 3.8) is 0 Å². The van der Waals surface area contributed by atoms with Crippen LogP contribution in [0.5, 0.6) is 0 Å². The molecule has 1 aliphatic heterocycles. The zero-order valence-corrected chi connectivity index (χ0v) is 12.5. The van der Waals surface area contributed by atoms with Crippen molar-refractivity contribution in [3.8, 4) is 0 Å². The number of hydrogen-bond donors (Lipinski definition) is 1. The predicted octanol–water partition coefficient (Wildman–Crippen LogP) is 3.79. The Hall–Kier alpha value is -1.07. The zero-order chi connectivity index (χ0) is 15.6. The molecule has 1 heterocycles. The van der Waals surface area contributed by atoms with Gasteiger partial charge < -0.3 is 10.0 Å². The summed E-state index contributed by atoms with van der Waals surface area (Å²) >= 11 is 0. The van der Waals surface area contributed by atoms with E-state index in [1.165, 1.54) is 6.07 Å². The summed E-state index contributed by atoms with van der Waals surface area (Å²) in [6.07, 6.45) is -5.09. The van der Waals surface area contributed by atoms with Gasteiger partial charge in [-0.1, -0.05) is 25.1 Å². The van der Waals surface area contributed by atoms with Gasteiger partial charge in [-0.3, -0.25) is 0 Å². The van der Waals surface area contributed by atoms with Crippen LogP contribution in [-0.2, 0) is 0 Å². The third-order valence-electron chi connectivity index (χ3n) is 4.50. The van der Waals surface area contributed by atoms with Crippen molar-refractivity contribution < 1.29 is 18.3 Å². The van der Waals surface area contributed by atoms with Gasteiger partial charge in [-0.15, -0.1) is 0 Å². The number of halogens is 3. The molecular formula is C16H22F3NO. The molecule has 1 saturated heterocycles. The first kappa shape index (κ1) is 16.3. The van der Waals surface area contributed by atoms with Crippen molar-refractivity contribution in [2.45, 2.75) is 44.9 Å². The molecule has 0 saturated carbocycles. The van der Waals surface area contributed by atoms with Crippen LogP contribution in [0.2, 0.25) is 0 Å². The number of aliphatic hydroxyl groups is 1. The Morgan fingerprint density at radius 2 is 1.90 bits per heavy atom. The van der Waals surface area contributed by atoms with Gasteiger partial charge in [0.15, 0.2) is 6.10 Å². The first-order chi connectivity index (χ1) is 9.84. The third kappa shape index (κ3) is 3.58. The van der Waals surface area contributed by atoms with Gasteiger partial charge >= 0.3 is 6.18 Å². The molecule has 1 unspecified atom stereocenters. The van der Waals surface area contributed by atoms with Crippen LogP contribution < -0.4 is 0 Å². The highest BCUT2D eigenvalue weighted by molar-refractivity contribution is 5.38. The summed E-state index contributed by atoms with van der Waals surface area (Å²) in [5, 5.41) is 9.51. The second-order valence-corrected chi connectivity index (χ2v) is 5.71. The van der Waals surface area contributed by atoms with Gasteiger partial charge in [0.05, 0.1) is 0 Å². The Bertz CT molecular complexity index is 479. The van der Waals surface area contributed by atoms with Crippen LogP contribution in [0.3, 0.4) is 0 Å². The summed E-state index contributed by atoms with van der Waals surface area (Å²) < 4.78 is 38.2. The number of hydrogen-bond acceptors (Lipinski definition) is 2. The van der Waals surface area contributed by atoms with Crippen LogP contribution in [-0.4, -0.2) is 35.8 Å². The van der Waals surface area contributed by atoms with Crippen molar-refractivity contribution in [1.82, 2.24) is 4.90 Å². The van der Waals surface area contributed by atoms with Gasteiger partial charge in [0, 0.05) is 0 Å². The fraction of sp³-hybridized carbons (Fsp3) is 0.625. The van der Waals surface area contributed by atoms with E-state index >= 15 is 0 Å². The molecule has 0 radical (unpaired) electrons. The Kier molecular flexibility index (Phi) is 4.94. The van der Waals surface area contributed by atoms with E-state index < -0.39 is 12.3 Å². The number of alkyl halides is 3. The van der Waals surface area contributed by atoms with Gasteiger partial charge in [0.2, 0.25) is 0 Å². The molecule has 5 heteroatoms. The Labute approximate surface area is 123 Å². The molecule has 2 rings (SSSR count). The Balaban J connectivity index is 2.23. The predicted molar refractivity (Wildman–Crippen MR) is 76.3 cm³/mol. The van der Waals surface area contributed by atoms with E-state index in [9.17, 15) is 18.3 Å². The highest BCUT2D eigenvalue weighted by Crippen LogP contribution is 2.38. The van der Waals surface area contributed by atoms with E-state index in [-0.39, 0.29) is 11.5 Å². The van der Waals surface area contributed by atoms with E-state index in [1.54, 1.807) is 13.0 Å². The number of rotatable bonds is 3. The lowest BCUT2D eigenvalue weighted by molar-refractivity contribution is -0.207. The molecular weight excluding hydrogens is 279 g/mol. The molecule has 1 N–H and O–H groups in total. The maximum absolute atomic E-state index is 12.7. The lowest BCUT2D eigenvalue weighted by Gasteiger charge is -2.32. The van der Waals surface area contributed by atoms with Gasteiger partial charge in [-0.25, -0.2) is 0 Å². The first-order valence-electron chi connectivity index (χ1n) is 7.41. The molecule has 0 aromatic heterocycles. The summed E-state index contributed by atoms with van der Waals surface area (Å²) in [6.45, 7) is 6.77. The summed E-state index contributed by atoms with van der Waals surface area (Å²) in [7, 11) is 0. The zero-order valence-electron chi connectivity index (χ0n) is 12.5. The first-order valence-corrected chi connectivity index (χ1v) is 7.41. The maximum atomic E-state index is 12.7. The van der Waals surface area contributed by atoms with Crippen LogP contribution >= 0.6 is 0 Å². The van der Waals surface area contributed by atoms with E-state index in [4.69, 9.17) is 0 Å². The van der Waals surface area contributed by atoms with E-state index in [1.807, 2.05) is 6.07 Å². The molecule has 0 spiro atoms. The van der Waals surface area contributed by atoms with E-state index in [0.29, 0.717) is 5.56 Å². The Morgan fingerprint density at radius 1 is 1.29 bits per heavy atom. The monoisotopic (exact) mass is 301 g/mol. The molecule has 118 valence electrons. The summed E-state index contributed by atoms with van der Waals surface area (Å²) in [6, 6.07) is 4.89. The third-order valence-corrected chi connectivity index (χ3v) is 4.50. The fourth-order valence-corrected chi connectivity index (χ4v) is 3.15. The van der Waals surface area contributed by atoms with E-state index in [0.717, 1.165) is 38.0 Å². The lowest BCUT2D eigenvalue weighted by Crippen LogP contribution is -2.33. The molecule has 0 bridgehead atoms. The van der Waals surface area contributed by atoms with Crippen molar-refractivity contribution in [2.24, 2.45) is 0 Å². The highest BCUT2D eigenvalue weighted by Gasteiger charge is 2.40. The number of benzene rings is 1. The van der Waals surface area contributed by atoms with Crippen LogP contribution in [0.1, 0.15) is 48.5 Å². The summed E-state index contributed by atoms with van der Waals surface area (Å²) in [5.41, 5.74) is 1.52. The van der Waals surface area contributed by atoms with Crippen LogP contribution in [0.4, 0.5) is 13.2 Å². The SMILES string of the molecule is CCN1CCC(c2cccc(C(O)C(F)(F)F)c2C)CC1. The Morgan fingerprint density at radius 3 is 2.43 bits per heavy atom. The quantitative estimate of drug-likeness (QED) is 0.918. The van der Waals surface area contributed by atoms with Gasteiger partial charge in [-0.2, -0.15) is 13.2 Å². The van der Waals surface area contributed by atoms with Crippen LogP contribution in [0, 0.1) is 6.92 Å². The average Bonchev–Trinajstić information content (AvgIpc) is 2.46. The molecule has 1 aromatic carbocycles. The highest BCUT2D eigenvalue weighted by atomic mass is 19.4. The van der Waals surface area contributed by atoms with Crippen molar-refractivity contribution in [2.75, 3.05) is 19.6 Å². The van der Waals surface area contributed by atoms with Gasteiger partial charge in [-0.05, 0) is 62.0 Å². The average molecular weight is 301 g/mol. The minimum Gasteiger partial charge on any atom is -0.379 e. The molecule has 0 amide bonds.